The normalized spacial score (nSPS) is 12.6. The van der Waals surface area contributed by atoms with Crippen molar-refractivity contribution in [1.82, 2.24) is 15.6 Å². The van der Waals surface area contributed by atoms with Gasteiger partial charge in [0.15, 0.2) is 0 Å². The van der Waals surface area contributed by atoms with Crippen molar-refractivity contribution in [2.75, 3.05) is 7.05 Å². The summed E-state index contributed by atoms with van der Waals surface area (Å²) in [5, 5.41) is 8.39. The summed E-state index contributed by atoms with van der Waals surface area (Å²) in [6.07, 6.45) is 4.55. The van der Waals surface area contributed by atoms with E-state index in [2.05, 4.69) is 41.6 Å². The molecule has 0 aliphatic carbocycles. The number of carbonyl (C=O) groups is 1. The molecule has 1 atom stereocenters. The molecule has 0 spiro atoms. The second kappa shape index (κ2) is 7.18. The minimum absolute atomic E-state index is 0.0388. The van der Waals surface area contributed by atoms with E-state index in [-0.39, 0.29) is 11.9 Å². The number of benzene rings is 1. The number of fused-ring (bicyclic) bond motifs is 1. The van der Waals surface area contributed by atoms with Gasteiger partial charge in [-0.05, 0) is 23.3 Å². The van der Waals surface area contributed by atoms with Gasteiger partial charge in [0.1, 0.15) is 0 Å². The lowest BCUT2D eigenvalue weighted by atomic mass is 10.0. The Hall–Kier alpha value is -1.94. The highest BCUT2D eigenvalue weighted by Crippen LogP contribution is 2.17. The molecule has 112 valence electrons. The molecular weight excluding hydrogens is 262 g/mol. The first-order valence-corrected chi connectivity index (χ1v) is 7.38. The highest BCUT2D eigenvalue weighted by atomic mass is 16.2. The third kappa shape index (κ3) is 4.02. The van der Waals surface area contributed by atoms with E-state index in [1.165, 1.54) is 5.39 Å². The van der Waals surface area contributed by atoms with E-state index in [0.717, 1.165) is 17.4 Å². The summed E-state index contributed by atoms with van der Waals surface area (Å²) in [6.45, 7) is 4.88. The third-order valence-electron chi connectivity index (χ3n) is 3.56. The summed E-state index contributed by atoms with van der Waals surface area (Å²) in [7, 11) is 1.68. The summed E-state index contributed by atoms with van der Waals surface area (Å²) < 4.78 is 0. The van der Waals surface area contributed by atoms with Crippen LogP contribution in [0.3, 0.4) is 0 Å². The first kappa shape index (κ1) is 15.4. The van der Waals surface area contributed by atoms with Crippen LogP contribution in [0.25, 0.3) is 10.8 Å². The van der Waals surface area contributed by atoms with Gasteiger partial charge in [-0.15, -0.1) is 0 Å². The van der Waals surface area contributed by atoms with E-state index in [1.54, 1.807) is 7.05 Å². The third-order valence-corrected chi connectivity index (χ3v) is 3.56. The zero-order valence-electron chi connectivity index (χ0n) is 12.9. The minimum atomic E-state index is -0.172. The van der Waals surface area contributed by atoms with Crippen LogP contribution in [0.1, 0.15) is 25.8 Å². The number of aromatic nitrogens is 1. The van der Waals surface area contributed by atoms with Crippen molar-refractivity contribution >= 4 is 16.7 Å². The fraction of sp³-hybridized carbons (Fsp3) is 0.412. The van der Waals surface area contributed by atoms with E-state index in [0.29, 0.717) is 12.5 Å². The topological polar surface area (TPSA) is 54.0 Å². The SMILES string of the molecule is CNC(=O)C(CC(C)C)NCc1cncc2ccccc12. The summed E-state index contributed by atoms with van der Waals surface area (Å²) in [6, 6.07) is 8.00. The number of hydrogen-bond donors (Lipinski definition) is 2. The van der Waals surface area contributed by atoms with Crippen molar-refractivity contribution in [2.45, 2.75) is 32.9 Å². The van der Waals surface area contributed by atoms with Crippen LogP contribution in [0.15, 0.2) is 36.7 Å². The summed E-state index contributed by atoms with van der Waals surface area (Å²) >= 11 is 0. The maximum Gasteiger partial charge on any atom is 0.236 e. The standard InChI is InChI=1S/C17H23N3O/c1-12(2)8-16(17(21)18-3)20-11-14-10-19-9-13-6-4-5-7-15(13)14/h4-7,9-10,12,16,20H,8,11H2,1-3H3,(H,18,21). The van der Waals surface area contributed by atoms with Gasteiger partial charge < -0.3 is 10.6 Å². The zero-order valence-corrected chi connectivity index (χ0v) is 12.9. The van der Waals surface area contributed by atoms with Crippen molar-refractivity contribution in [3.63, 3.8) is 0 Å². The Morgan fingerprint density at radius 2 is 2.00 bits per heavy atom. The Balaban J connectivity index is 2.13. The Labute approximate surface area is 126 Å². The number of likely N-dealkylation sites (N-methyl/N-ethyl adjacent to an activating group) is 1. The molecule has 0 saturated heterocycles. The van der Waals surface area contributed by atoms with Crippen molar-refractivity contribution in [1.29, 1.82) is 0 Å². The first-order chi connectivity index (χ1) is 10.1. The second-order valence-corrected chi connectivity index (χ2v) is 5.70. The lowest BCUT2D eigenvalue weighted by Gasteiger charge is -2.19. The molecule has 0 bridgehead atoms. The maximum atomic E-state index is 11.9. The Morgan fingerprint density at radius 3 is 2.71 bits per heavy atom. The molecule has 1 aromatic heterocycles. The van der Waals surface area contributed by atoms with Crippen LogP contribution in [0.2, 0.25) is 0 Å². The Kier molecular flexibility index (Phi) is 5.28. The van der Waals surface area contributed by atoms with Gasteiger partial charge in [0.05, 0.1) is 6.04 Å². The molecule has 1 heterocycles. The van der Waals surface area contributed by atoms with Crippen molar-refractivity contribution in [2.24, 2.45) is 5.92 Å². The summed E-state index contributed by atoms with van der Waals surface area (Å²) in [5.74, 6) is 0.502. The molecular formula is C17H23N3O. The van der Waals surface area contributed by atoms with Crippen LogP contribution in [0, 0.1) is 5.92 Å². The van der Waals surface area contributed by atoms with Gasteiger partial charge >= 0.3 is 0 Å². The number of nitrogens with one attached hydrogen (secondary N) is 2. The van der Waals surface area contributed by atoms with Gasteiger partial charge in [-0.25, -0.2) is 0 Å². The van der Waals surface area contributed by atoms with E-state index in [1.807, 2.05) is 24.5 Å². The average Bonchev–Trinajstić information content (AvgIpc) is 2.50. The number of carbonyl (C=O) groups excluding carboxylic acids is 1. The van der Waals surface area contributed by atoms with Crippen LogP contribution in [0.4, 0.5) is 0 Å². The minimum Gasteiger partial charge on any atom is -0.358 e. The zero-order chi connectivity index (χ0) is 15.2. The van der Waals surface area contributed by atoms with E-state index in [4.69, 9.17) is 0 Å². The molecule has 2 N–H and O–H groups in total. The van der Waals surface area contributed by atoms with Gasteiger partial charge in [-0.3, -0.25) is 9.78 Å². The van der Waals surface area contributed by atoms with Crippen LogP contribution in [-0.2, 0) is 11.3 Å². The van der Waals surface area contributed by atoms with Crippen LogP contribution < -0.4 is 10.6 Å². The van der Waals surface area contributed by atoms with Gasteiger partial charge in [0.25, 0.3) is 0 Å². The summed E-state index contributed by atoms with van der Waals surface area (Å²) in [5.41, 5.74) is 1.12. The van der Waals surface area contributed by atoms with Gasteiger partial charge in [0, 0.05) is 31.4 Å². The summed E-state index contributed by atoms with van der Waals surface area (Å²) in [4.78, 5) is 16.2. The van der Waals surface area contributed by atoms with E-state index < -0.39 is 0 Å². The second-order valence-electron chi connectivity index (χ2n) is 5.70. The fourth-order valence-corrected chi connectivity index (χ4v) is 2.48. The van der Waals surface area contributed by atoms with Crippen molar-refractivity contribution < 1.29 is 4.79 Å². The fourth-order valence-electron chi connectivity index (χ4n) is 2.48. The monoisotopic (exact) mass is 285 g/mol. The molecule has 0 aliphatic heterocycles. The predicted molar refractivity (Wildman–Crippen MR) is 85.9 cm³/mol. The predicted octanol–water partition coefficient (Wildman–Crippen LogP) is 2.49. The number of amides is 1. The number of rotatable bonds is 6. The lowest BCUT2D eigenvalue weighted by Crippen LogP contribution is -2.43. The molecule has 1 unspecified atom stereocenters. The smallest absolute Gasteiger partial charge is 0.236 e. The van der Waals surface area contributed by atoms with Gasteiger partial charge in [-0.2, -0.15) is 0 Å². The largest absolute Gasteiger partial charge is 0.358 e. The van der Waals surface area contributed by atoms with Crippen LogP contribution >= 0.6 is 0 Å². The first-order valence-electron chi connectivity index (χ1n) is 7.38. The molecule has 1 amide bonds. The number of pyridine rings is 1. The number of hydrogen-bond acceptors (Lipinski definition) is 3. The van der Waals surface area contributed by atoms with Crippen molar-refractivity contribution in [3.05, 3.63) is 42.2 Å². The van der Waals surface area contributed by atoms with Crippen LogP contribution in [-0.4, -0.2) is 24.0 Å². The Bertz CT molecular complexity index is 605. The lowest BCUT2D eigenvalue weighted by molar-refractivity contribution is -0.123. The van der Waals surface area contributed by atoms with Crippen molar-refractivity contribution in [3.8, 4) is 0 Å². The molecule has 2 rings (SSSR count). The Morgan fingerprint density at radius 1 is 1.24 bits per heavy atom. The molecule has 0 fully saturated rings. The van der Waals surface area contributed by atoms with E-state index >= 15 is 0 Å². The highest BCUT2D eigenvalue weighted by molar-refractivity contribution is 5.85. The number of nitrogens with zero attached hydrogens (tertiary/aromatic N) is 1. The highest BCUT2D eigenvalue weighted by Gasteiger charge is 2.18. The van der Waals surface area contributed by atoms with Crippen LogP contribution in [0.5, 0.6) is 0 Å². The average molecular weight is 285 g/mol. The molecule has 21 heavy (non-hydrogen) atoms. The molecule has 0 saturated carbocycles. The van der Waals surface area contributed by atoms with E-state index in [9.17, 15) is 4.79 Å². The molecule has 0 aliphatic rings. The molecule has 4 nitrogen and oxygen atoms in total. The maximum absolute atomic E-state index is 11.9. The quantitative estimate of drug-likeness (QED) is 0.857. The molecule has 4 heteroatoms. The molecule has 2 aromatic rings. The molecule has 1 aromatic carbocycles. The molecule has 0 radical (unpaired) electrons. The van der Waals surface area contributed by atoms with Gasteiger partial charge in [0.2, 0.25) is 5.91 Å². The van der Waals surface area contributed by atoms with Gasteiger partial charge in [-0.1, -0.05) is 38.1 Å².